The standard InChI is InChI=1S/C36H44O2Si/c1-36(2,3)39(34-21-9-5-10-22-34,35-23-11-6-12-24-35)38-29-32-27-25-31(26-28-32)18-14-20-33(37)19-13-17-30-15-7-4-8-16-30/h4-12,15-16,21-28,33,37H,13-14,17-20,29H2,1-3H3. The number of aliphatic hydroxyl groups excluding tert-OH is 1. The summed E-state index contributed by atoms with van der Waals surface area (Å²) in [5.41, 5.74) is 3.87. The maximum atomic E-state index is 10.4. The summed E-state index contributed by atoms with van der Waals surface area (Å²) >= 11 is 0. The minimum absolute atomic E-state index is 0.0302. The summed E-state index contributed by atoms with van der Waals surface area (Å²) in [7, 11) is -2.54. The highest BCUT2D eigenvalue weighted by molar-refractivity contribution is 6.99. The Balaban J connectivity index is 1.33. The SMILES string of the molecule is CC(C)(C)[Si](OCc1ccc(CCCC(O)CCCc2ccccc2)cc1)(c1ccccc1)c1ccccc1. The van der Waals surface area contributed by atoms with Crippen LogP contribution in [0.2, 0.25) is 5.04 Å². The van der Waals surface area contributed by atoms with Crippen LogP contribution in [0.5, 0.6) is 0 Å². The number of aliphatic hydroxyl groups is 1. The zero-order chi connectivity index (χ0) is 27.6. The second-order valence-electron chi connectivity index (χ2n) is 11.7. The van der Waals surface area contributed by atoms with Gasteiger partial charge in [0.1, 0.15) is 0 Å². The average molecular weight is 537 g/mol. The first-order valence-electron chi connectivity index (χ1n) is 14.4. The minimum atomic E-state index is -2.54. The van der Waals surface area contributed by atoms with Crippen LogP contribution in [0.4, 0.5) is 0 Å². The Morgan fingerprint density at radius 3 is 1.46 bits per heavy atom. The van der Waals surface area contributed by atoms with E-state index < -0.39 is 8.32 Å². The van der Waals surface area contributed by atoms with Gasteiger partial charge in [-0.25, -0.2) is 0 Å². The molecule has 0 saturated carbocycles. The van der Waals surface area contributed by atoms with Gasteiger partial charge in [0.25, 0.3) is 8.32 Å². The Morgan fingerprint density at radius 2 is 1.00 bits per heavy atom. The number of hydrogen-bond donors (Lipinski definition) is 1. The number of aryl methyl sites for hydroxylation is 2. The summed E-state index contributed by atoms with van der Waals surface area (Å²) in [5, 5.41) is 13.0. The lowest BCUT2D eigenvalue weighted by Crippen LogP contribution is -2.66. The summed E-state index contributed by atoms with van der Waals surface area (Å²) in [5.74, 6) is 0. The Bertz CT molecular complexity index is 1190. The molecule has 0 aliphatic rings. The molecule has 1 atom stereocenters. The summed E-state index contributed by atoms with van der Waals surface area (Å²) in [4.78, 5) is 0. The van der Waals surface area contributed by atoms with Crippen LogP contribution >= 0.6 is 0 Å². The minimum Gasteiger partial charge on any atom is -0.403 e. The lowest BCUT2D eigenvalue weighted by Gasteiger charge is -2.43. The molecule has 0 heterocycles. The molecule has 0 saturated heterocycles. The predicted octanol–water partition coefficient (Wildman–Crippen LogP) is 7.47. The van der Waals surface area contributed by atoms with Crippen LogP contribution in [0.3, 0.4) is 0 Å². The molecule has 0 spiro atoms. The van der Waals surface area contributed by atoms with Crippen molar-refractivity contribution in [3.63, 3.8) is 0 Å². The van der Waals surface area contributed by atoms with Crippen molar-refractivity contribution >= 4 is 18.7 Å². The van der Waals surface area contributed by atoms with Crippen molar-refractivity contribution in [1.82, 2.24) is 0 Å². The third-order valence-electron chi connectivity index (χ3n) is 7.74. The van der Waals surface area contributed by atoms with Crippen LogP contribution in [-0.2, 0) is 23.9 Å². The quantitative estimate of drug-likeness (QED) is 0.180. The van der Waals surface area contributed by atoms with Gasteiger partial charge in [0, 0.05) is 0 Å². The molecule has 2 nitrogen and oxygen atoms in total. The summed E-state index contributed by atoms with van der Waals surface area (Å²) in [6.45, 7) is 7.54. The normalized spacial score (nSPS) is 12.8. The molecule has 39 heavy (non-hydrogen) atoms. The summed E-state index contributed by atoms with van der Waals surface area (Å²) in [6.07, 6.45) is 5.57. The van der Waals surface area contributed by atoms with Gasteiger partial charge in [-0.3, -0.25) is 0 Å². The van der Waals surface area contributed by atoms with Crippen LogP contribution in [-0.4, -0.2) is 19.5 Å². The highest BCUT2D eigenvalue weighted by Gasteiger charge is 2.50. The van der Waals surface area contributed by atoms with E-state index in [-0.39, 0.29) is 11.1 Å². The molecule has 0 amide bonds. The van der Waals surface area contributed by atoms with Crippen LogP contribution in [0.15, 0.2) is 115 Å². The highest BCUT2D eigenvalue weighted by Crippen LogP contribution is 2.37. The van der Waals surface area contributed by atoms with Gasteiger partial charge in [-0.1, -0.05) is 136 Å². The molecule has 204 valence electrons. The first kappa shape index (κ1) is 29.0. The van der Waals surface area contributed by atoms with Crippen molar-refractivity contribution in [2.75, 3.05) is 0 Å². The van der Waals surface area contributed by atoms with Crippen LogP contribution in [0.25, 0.3) is 0 Å². The number of benzene rings is 4. The van der Waals surface area contributed by atoms with Crippen molar-refractivity contribution in [3.05, 3.63) is 132 Å². The maximum Gasteiger partial charge on any atom is 0.261 e. The third-order valence-corrected chi connectivity index (χ3v) is 12.7. The van der Waals surface area contributed by atoms with E-state index in [1.165, 1.54) is 27.1 Å². The Kier molecular flexibility index (Phi) is 10.3. The molecule has 4 aromatic carbocycles. The van der Waals surface area contributed by atoms with Crippen molar-refractivity contribution in [1.29, 1.82) is 0 Å². The van der Waals surface area contributed by atoms with Gasteiger partial charge in [-0.2, -0.15) is 0 Å². The number of rotatable bonds is 13. The zero-order valence-electron chi connectivity index (χ0n) is 23.9. The molecule has 4 rings (SSSR count). The molecule has 0 radical (unpaired) electrons. The summed E-state index contributed by atoms with van der Waals surface area (Å²) < 4.78 is 7.08. The first-order chi connectivity index (χ1) is 18.9. The van der Waals surface area contributed by atoms with E-state index in [2.05, 4.69) is 130 Å². The largest absolute Gasteiger partial charge is 0.403 e. The van der Waals surface area contributed by atoms with Gasteiger partial charge in [-0.15, -0.1) is 0 Å². The van der Waals surface area contributed by atoms with Crippen molar-refractivity contribution in [2.24, 2.45) is 0 Å². The fraction of sp³-hybridized carbons (Fsp3) is 0.333. The number of hydrogen-bond acceptors (Lipinski definition) is 2. The van der Waals surface area contributed by atoms with Crippen molar-refractivity contribution in [2.45, 2.75) is 77.0 Å². The molecule has 0 fully saturated rings. The third kappa shape index (κ3) is 7.79. The second-order valence-corrected chi connectivity index (χ2v) is 16.0. The van der Waals surface area contributed by atoms with E-state index in [9.17, 15) is 5.11 Å². The highest BCUT2D eigenvalue weighted by atomic mass is 28.4. The van der Waals surface area contributed by atoms with E-state index in [4.69, 9.17) is 4.43 Å². The fourth-order valence-corrected chi connectivity index (χ4v) is 10.2. The lowest BCUT2D eigenvalue weighted by molar-refractivity contribution is 0.149. The van der Waals surface area contributed by atoms with Gasteiger partial charge in [0.15, 0.2) is 0 Å². The molecule has 1 unspecified atom stereocenters. The monoisotopic (exact) mass is 536 g/mol. The first-order valence-corrected chi connectivity index (χ1v) is 16.3. The van der Waals surface area contributed by atoms with Gasteiger partial charge in [-0.05, 0) is 70.6 Å². The zero-order valence-corrected chi connectivity index (χ0v) is 24.9. The topological polar surface area (TPSA) is 29.5 Å². The summed E-state index contributed by atoms with van der Waals surface area (Å²) in [6, 6.07) is 41.1. The van der Waals surface area contributed by atoms with E-state index in [1.54, 1.807) is 0 Å². The molecule has 0 aromatic heterocycles. The van der Waals surface area contributed by atoms with Crippen LogP contribution < -0.4 is 10.4 Å². The molecular formula is C36H44O2Si. The maximum absolute atomic E-state index is 10.4. The molecule has 0 aliphatic carbocycles. The van der Waals surface area contributed by atoms with Gasteiger partial charge >= 0.3 is 0 Å². The van der Waals surface area contributed by atoms with Crippen LogP contribution in [0, 0.1) is 0 Å². The van der Waals surface area contributed by atoms with E-state index in [1.807, 2.05) is 6.07 Å². The van der Waals surface area contributed by atoms with Crippen LogP contribution in [0.1, 0.15) is 63.1 Å². The molecule has 0 aliphatic heterocycles. The molecule has 1 N–H and O–H groups in total. The second kappa shape index (κ2) is 13.9. The lowest BCUT2D eigenvalue weighted by atomic mass is 10.0. The van der Waals surface area contributed by atoms with E-state index in [0.717, 1.165) is 38.5 Å². The molecule has 0 bridgehead atoms. The Morgan fingerprint density at radius 1 is 0.590 bits per heavy atom. The van der Waals surface area contributed by atoms with E-state index in [0.29, 0.717) is 6.61 Å². The van der Waals surface area contributed by atoms with Gasteiger partial charge < -0.3 is 9.53 Å². The van der Waals surface area contributed by atoms with Crippen molar-refractivity contribution in [3.8, 4) is 0 Å². The molecule has 4 aromatic rings. The van der Waals surface area contributed by atoms with Gasteiger partial charge in [0.2, 0.25) is 0 Å². The average Bonchev–Trinajstić information content (AvgIpc) is 2.95. The Labute approximate surface area is 236 Å². The molecular weight excluding hydrogens is 492 g/mol. The van der Waals surface area contributed by atoms with E-state index >= 15 is 0 Å². The molecule has 3 heteroatoms. The smallest absolute Gasteiger partial charge is 0.261 e. The predicted molar refractivity (Wildman–Crippen MR) is 167 cm³/mol. The van der Waals surface area contributed by atoms with Gasteiger partial charge in [0.05, 0.1) is 12.7 Å². The Hall–Kier alpha value is -2.98. The fourth-order valence-electron chi connectivity index (χ4n) is 5.63. The van der Waals surface area contributed by atoms with Crippen molar-refractivity contribution < 1.29 is 9.53 Å².